The Labute approximate surface area is 149 Å². The largest absolute Gasteiger partial charge is 0.388 e. The highest BCUT2D eigenvalue weighted by Crippen LogP contribution is 2.30. The van der Waals surface area contributed by atoms with Gasteiger partial charge in [-0.05, 0) is 47.2 Å². The van der Waals surface area contributed by atoms with Crippen LogP contribution in [-0.2, 0) is 6.54 Å². The first-order valence-corrected chi connectivity index (χ1v) is 9.24. The number of hydrogen-bond donors (Lipinski definition) is 1. The lowest BCUT2D eigenvalue weighted by atomic mass is 10.0. The summed E-state index contributed by atoms with van der Waals surface area (Å²) in [5.74, 6) is 0. The molecule has 1 N–H and O–H groups in total. The Morgan fingerprint density at radius 1 is 0.880 bits per heavy atom. The smallest absolute Gasteiger partial charge is 0.0802 e. The van der Waals surface area contributed by atoms with Gasteiger partial charge in [-0.3, -0.25) is 4.90 Å². The highest BCUT2D eigenvalue weighted by atomic mass is 16.3. The molecule has 0 bridgehead atoms. The van der Waals surface area contributed by atoms with Crippen molar-refractivity contribution in [1.82, 2.24) is 4.90 Å². The summed E-state index contributed by atoms with van der Waals surface area (Å²) in [6.45, 7) is 1.92. The van der Waals surface area contributed by atoms with E-state index in [2.05, 4.69) is 71.6 Å². The van der Waals surface area contributed by atoms with Crippen LogP contribution in [0.3, 0.4) is 0 Å². The predicted octanol–water partition coefficient (Wildman–Crippen LogP) is 4.93. The van der Waals surface area contributed by atoms with Crippen LogP contribution < -0.4 is 0 Å². The Morgan fingerprint density at radius 2 is 1.60 bits per heavy atom. The minimum Gasteiger partial charge on any atom is -0.388 e. The van der Waals surface area contributed by atoms with Crippen LogP contribution in [0.2, 0.25) is 0 Å². The molecule has 0 radical (unpaired) electrons. The van der Waals surface area contributed by atoms with Gasteiger partial charge in [-0.2, -0.15) is 0 Å². The Bertz CT molecular complexity index is 826. The van der Waals surface area contributed by atoms with E-state index in [1.54, 1.807) is 0 Å². The molecule has 2 heteroatoms. The highest BCUT2D eigenvalue weighted by molar-refractivity contribution is 5.83. The van der Waals surface area contributed by atoms with E-state index in [-0.39, 0.29) is 0 Å². The molecule has 0 heterocycles. The summed E-state index contributed by atoms with van der Waals surface area (Å²) >= 11 is 0. The molecule has 0 spiro atoms. The molecule has 1 saturated carbocycles. The predicted molar refractivity (Wildman–Crippen MR) is 103 cm³/mol. The number of rotatable bonds is 7. The van der Waals surface area contributed by atoms with Gasteiger partial charge in [0.2, 0.25) is 0 Å². The van der Waals surface area contributed by atoms with E-state index in [4.69, 9.17) is 0 Å². The van der Waals surface area contributed by atoms with Gasteiger partial charge in [0.15, 0.2) is 0 Å². The number of fused-ring (bicyclic) bond motifs is 1. The van der Waals surface area contributed by atoms with Crippen LogP contribution >= 0.6 is 0 Å². The van der Waals surface area contributed by atoms with Gasteiger partial charge in [0.05, 0.1) is 6.10 Å². The molecule has 128 valence electrons. The number of hydrogen-bond acceptors (Lipinski definition) is 2. The first kappa shape index (κ1) is 16.3. The van der Waals surface area contributed by atoms with Gasteiger partial charge >= 0.3 is 0 Å². The molecule has 0 saturated heterocycles. The molecule has 1 atom stereocenters. The summed E-state index contributed by atoms with van der Waals surface area (Å²) in [5, 5.41) is 13.1. The average molecular weight is 331 g/mol. The number of aliphatic hydroxyl groups is 1. The van der Waals surface area contributed by atoms with Crippen molar-refractivity contribution in [2.45, 2.75) is 38.0 Å². The SMILES string of the molecule is OC(CCN(Cc1ccccc1)C1CC1)c1ccc2ccccc2c1. The number of nitrogens with zero attached hydrogens (tertiary/aromatic N) is 1. The molecule has 0 aliphatic heterocycles. The zero-order valence-electron chi connectivity index (χ0n) is 14.5. The van der Waals surface area contributed by atoms with E-state index < -0.39 is 6.10 Å². The maximum atomic E-state index is 10.7. The van der Waals surface area contributed by atoms with E-state index in [0.29, 0.717) is 6.04 Å². The monoisotopic (exact) mass is 331 g/mol. The van der Waals surface area contributed by atoms with Crippen molar-refractivity contribution in [3.05, 3.63) is 83.9 Å². The van der Waals surface area contributed by atoms with Crippen molar-refractivity contribution in [1.29, 1.82) is 0 Å². The second-order valence-electron chi connectivity index (χ2n) is 7.10. The minimum atomic E-state index is -0.401. The number of benzene rings is 3. The van der Waals surface area contributed by atoms with Gasteiger partial charge in [-0.15, -0.1) is 0 Å². The third-order valence-electron chi connectivity index (χ3n) is 5.14. The fourth-order valence-electron chi connectivity index (χ4n) is 3.52. The zero-order valence-corrected chi connectivity index (χ0v) is 14.5. The topological polar surface area (TPSA) is 23.5 Å². The quantitative estimate of drug-likeness (QED) is 0.664. The van der Waals surface area contributed by atoms with E-state index in [9.17, 15) is 5.11 Å². The summed E-state index contributed by atoms with van der Waals surface area (Å²) < 4.78 is 0. The van der Waals surface area contributed by atoms with Crippen molar-refractivity contribution in [2.24, 2.45) is 0 Å². The molecule has 0 amide bonds. The molecule has 2 nitrogen and oxygen atoms in total. The van der Waals surface area contributed by atoms with Gasteiger partial charge in [-0.1, -0.05) is 66.7 Å². The third-order valence-corrected chi connectivity index (χ3v) is 5.14. The van der Waals surface area contributed by atoms with Gasteiger partial charge in [0, 0.05) is 19.1 Å². The fourth-order valence-corrected chi connectivity index (χ4v) is 3.52. The van der Waals surface area contributed by atoms with E-state index in [1.165, 1.54) is 29.2 Å². The lowest BCUT2D eigenvalue weighted by molar-refractivity contribution is 0.137. The molecule has 3 aromatic carbocycles. The third kappa shape index (κ3) is 4.09. The van der Waals surface area contributed by atoms with Crippen LogP contribution in [0.15, 0.2) is 72.8 Å². The first-order valence-electron chi connectivity index (χ1n) is 9.24. The first-order chi connectivity index (χ1) is 12.3. The van der Waals surface area contributed by atoms with Crippen LogP contribution in [0.5, 0.6) is 0 Å². The lowest BCUT2D eigenvalue weighted by Gasteiger charge is -2.23. The average Bonchev–Trinajstić information content (AvgIpc) is 3.50. The van der Waals surface area contributed by atoms with Crippen LogP contribution in [0.4, 0.5) is 0 Å². The summed E-state index contributed by atoms with van der Waals surface area (Å²) in [5.41, 5.74) is 2.38. The summed E-state index contributed by atoms with van der Waals surface area (Å²) in [6, 6.07) is 26.0. The van der Waals surface area contributed by atoms with Crippen molar-refractivity contribution in [3.8, 4) is 0 Å². The highest BCUT2D eigenvalue weighted by Gasteiger charge is 2.29. The molecule has 3 aromatic rings. The maximum absolute atomic E-state index is 10.7. The summed E-state index contributed by atoms with van der Waals surface area (Å²) in [6.07, 6.45) is 2.96. The number of aliphatic hydroxyl groups excluding tert-OH is 1. The molecular weight excluding hydrogens is 306 g/mol. The van der Waals surface area contributed by atoms with Gasteiger partial charge in [-0.25, -0.2) is 0 Å². The summed E-state index contributed by atoms with van der Waals surface area (Å²) in [4.78, 5) is 2.53. The molecule has 1 aliphatic rings. The normalized spacial score (nSPS) is 15.6. The fraction of sp³-hybridized carbons (Fsp3) is 0.304. The molecule has 1 unspecified atom stereocenters. The second-order valence-corrected chi connectivity index (χ2v) is 7.10. The summed E-state index contributed by atoms with van der Waals surface area (Å²) in [7, 11) is 0. The van der Waals surface area contributed by atoms with Crippen LogP contribution in [0.25, 0.3) is 10.8 Å². The van der Waals surface area contributed by atoms with Crippen molar-refractivity contribution >= 4 is 10.8 Å². The molecule has 1 fully saturated rings. The zero-order chi connectivity index (χ0) is 17.1. The standard InChI is InChI=1S/C23H25NO/c25-23(21-11-10-19-8-4-5-9-20(19)16-21)14-15-24(22-12-13-22)17-18-6-2-1-3-7-18/h1-11,16,22-23,25H,12-15,17H2. The minimum absolute atomic E-state index is 0.401. The van der Waals surface area contributed by atoms with Crippen molar-refractivity contribution in [3.63, 3.8) is 0 Å². The Hall–Kier alpha value is -2.16. The molecule has 1 aliphatic carbocycles. The van der Waals surface area contributed by atoms with Gasteiger partial charge in [0.1, 0.15) is 0 Å². The Balaban J connectivity index is 1.41. The maximum Gasteiger partial charge on any atom is 0.0802 e. The van der Waals surface area contributed by atoms with Crippen molar-refractivity contribution in [2.75, 3.05) is 6.54 Å². The molecule has 0 aromatic heterocycles. The van der Waals surface area contributed by atoms with E-state index in [1.807, 2.05) is 6.07 Å². The second kappa shape index (κ2) is 7.38. The molecule has 4 rings (SSSR count). The van der Waals surface area contributed by atoms with Crippen LogP contribution in [-0.4, -0.2) is 22.6 Å². The van der Waals surface area contributed by atoms with Crippen LogP contribution in [0.1, 0.15) is 36.5 Å². The lowest BCUT2D eigenvalue weighted by Crippen LogP contribution is -2.27. The molecular formula is C23H25NO. The van der Waals surface area contributed by atoms with Gasteiger partial charge in [0.25, 0.3) is 0 Å². The van der Waals surface area contributed by atoms with E-state index in [0.717, 1.165) is 25.1 Å². The van der Waals surface area contributed by atoms with Crippen LogP contribution in [0, 0.1) is 0 Å². The van der Waals surface area contributed by atoms with Crippen molar-refractivity contribution < 1.29 is 5.11 Å². The Morgan fingerprint density at radius 3 is 2.36 bits per heavy atom. The Kier molecular flexibility index (Phi) is 4.82. The van der Waals surface area contributed by atoms with Gasteiger partial charge < -0.3 is 5.11 Å². The van der Waals surface area contributed by atoms with E-state index >= 15 is 0 Å². The molecule has 25 heavy (non-hydrogen) atoms.